The van der Waals surface area contributed by atoms with Crippen molar-refractivity contribution < 1.29 is 9.85 Å². The molecule has 0 saturated carbocycles. The molecule has 22 heavy (non-hydrogen) atoms. The Bertz CT molecular complexity index is 922. The fourth-order valence-corrected chi connectivity index (χ4v) is 2.46. The van der Waals surface area contributed by atoms with E-state index >= 15 is 0 Å². The normalized spacial score (nSPS) is 10.8. The van der Waals surface area contributed by atoms with Crippen LogP contribution in [0.3, 0.4) is 0 Å². The molecule has 0 radical (unpaired) electrons. The lowest BCUT2D eigenvalue weighted by Crippen LogP contribution is -2.01. The number of nitrogens with zero attached hydrogens (tertiary/aromatic N) is 4. The number of hydrogen-bond acceptors (Lipinski definition) is 5. The maximum atomic E-state index is 11.2. The number of rotatable bonds is 3. The molecule has 1 aromatic heterocycles. The topological polar surface area (TPSA) is 104 Å². The molecule has 2 aromatic carbocycles. The van der Waals surface area contributed by atoms with E-state index in [2.05, 4.69) is 4.98 Å². The van der Waals surface area contributed by atoms with Crippen molar-refractivity contribution in [2.75, 3.05) is 0 Å². The molecule has 1 heterocycles. The van der Waals surface area contributed by atoms with Gasteiger partial charge in [-0.2, -0.15) is 0 Å². The van der Waals surface area contributed by atoms with E-state index in [1.165, 1.54) is 16.7 Å². The third kappa shape index (κ3) is 2.15. The number of para-hydroxylation sites is 2. The van der Waals surface area contributed by atoms with Crippen LogP contribution in [0.4, 0.5) is 11.4 Å². The van der Waals surface area contributed by atoms with Crippen LogP contribution in [0.15, 0.2) is 42.5 Å². The second-order valence-electron chi connectivity index (χ2n) is 4.39. The van der Waals surface area contributed by atoms with Crippen LogP contribution in [-0.4, -0.2) is 19.4 Å². The van der Waals surface area contributed by atoms with Crippen LogP contribution in [0.5, 0.6) is 0 Å². The number of aromatic nitrogens is 2. The first-order valence-electron chi connectivity index (χ1n) is 6.05. The predicted octanol–water partition coefficient (Wildman–Crippen LogP) is 3.50. The summed E-state index contributed by atoms with van der Waals surface area (Å²) in [7, 11) is 0. The minimum absolute atomic E-state index is 0.0400. The van der Waals surface area contributed by atoms with Gasteiger partial charge in [0.1, 0.15) is 5.69 Å². The van der Waals surface area contributed by atoms with E-state index in [0.29, 0.717) is 11.0 Å². The zero-order valence-corrected chi connectivity index (χ0v) is 11.6. The molecule has 0 unspecified atom stereocenters. The van der Waals surface area contributed by atoms with E-state index in [1.807, 2.05) is 0 Å². The maximum absolute atomic E-state index is 11.2. The van der Waals surface area contributed by atoms with E-state index in [9.17, 15) is 20.2 Å². The summed E-state index contributed by atoms with van der Waals surface area (Å²) in [5.74, 6) is 0. The molecule has 9 heteroatoms. The summed E-state index contributed by atoms with van der Waals surface area (Å²) in [5, 5.41) is 22.1. The lowest BCUT2D eigenvalue weighted by atomic mass is 10.2. The van der Waals surface area contributed by atoms with Crippen molar-refractivity contribution in [2.45, 2.75) is 0 Å². The Morgan fingerprint density at radius 2 is 1.77 bits per heavy atom. The first-order valence-corrected chi connectivity index (χ1v) is 6.43. The Balaban J connectivity index is 2.33. The standard InChI is InChI=1S/C13H7ClN4O4/c14-13-15-9-3-1-2-4-10(9)16(13)11-6-5-8(17(19)20)7-12(11)18(21)22/h1-7H. The third-order valence-corrected chi connectivity index (χ3v) is 3.38. The van der Waals surface area contributed by atoms with Gasteiger partial charge in [0.15, 0.2) is 0 Å². The van der Waals surface area contributed by atoms with E-state index in [4.69, 9.17) is 11.6 Å². The van der Waals surface area contributed by atoms with Gasteiger partial charge < -0.3 is 0 Å². The molecule has 0 aliphatic heterocycles. The zero-order valence-electron chi connectivity index (χ0n) is 10.8. The summed E-state index contributed by atoms with van der Waals surface area (Å²) >= 11 is 6.08. The van der Waals surface area contributed by atoms with Crippen molar-refractivity contribution in [2.24, 2.45) is 0 Å². The Hall–Kier alpha value is -3.00. The number of fused-ring (bicyclic) bond motifs is 1. The molecule has 3 rings (SSSR count). The van der Waals surface area contributed by atoms with Gasteiger partial charge in [0.05, 0.1) is 26.9 Å². The second-order valence-corrected chi connectivity index (χ2v) is 4.73. The largest absolute Gasteiger partial charge is 0.300 e. The summed E-state index contributed by atoms with van der Waals surface area (Å²) in [4.78, 5) is 24.8. The molecule has 0 aliphatic carbocycles. The summed E-state index contributed by atoms with van der Waals surface area (Å²) in [6, 6.07) is 10.3. The highest BCUT2D eigenvalue weighted by Gasteiger charge is 2.23. The molecule has 0 saturated heterocycles. The average molecular weight is 319 g/mol. The van der Waals surface area contributed by atoms with Crippen LogP contribution in [0, 0.1) is 20.2 Å². The molecule has 0 atom stereocenters. The van der Waals surface area contributed by atoms with Gasteiger partial charge in [0.25, 0.3) is 11.4 Å². The smallest absolute Gasteiger partial charge is 0.277 e. The highest BCUT2D eigenvalue weighted by atomic mass is 35.5. The van der Waals surface area contributed by atoms with Gasteiger partial charge in [-0.3, -0.25) is 24.8 Å². The van der Waals surface area contributed by atoms with Gasteiger partial charge in [-0.05, 0) is 29.8 Å². The zero-order chi connectivity index (χ0) is 15.9. The summed E-state index contributed by atoms with van der Waals surface area (Å²) in [5.41, 5.74) is 0.481. The van der Waals surface area contributed by atoms with Crippen molar-refractivity contribution in [3.8, 4) is 5.69 Å². The van der Waals surface area contributed by atoms with Gasteiger partial charge in [-0.25, -0.2) is 4.98 Å². The van der Waals surface area contributed by atoms with Gasteiger partial charge in [0.2, 0.25) is 5.28 Å². The van der Waals surface area contributed by atoms with E-state index in [1.54, 1.807) is 24.3 Å². The molecule has 0 aliphatic rings. The second kappa shape index (κ2) is 5.08. The van der Waals surface area contributed by atoms with Crippen molar-refractivity contribution in [3.05, 3.63) is 68.0 Å². The third-order valence-electron chi connectivity index (χ3n) is 3.13. The first-order chi connectivity index (χ1) is 10.5. The number of imidazole rings is 1. The highest BCUT2D eigenvalue weighted by Crippen LogP contribution is 2.32. The van der Waals surface area contributed by atoms with Crippen LogP contribution < -0.4 is 0 Å². The maximum Gasteiger partial charge on any atom is 0.300 e. The Labute approximate surface area is 127 Å². The molecule has 0 bridgehead atoms. The van der Waals surface area contributed by atoms with E-state index in [-0.39, 0.29) is 16.7 Å². The molecule has 0 amide bonds. The van der Waals surface area contributed by atoms with E-state index in [0.717, 1.165) is 6.07 Å². The monoisotopic (exact) mass is 318 g/mol. The number of non-ortho nitro benzene ring substituents is 1. The summed E-state index contributed by atoms with van der Waals surface area (Å²) in [6.45, 7) is 0. The molecule has 3 aromatic rings. The summed E-state index contributed by atoms with van der Waals surface area (Å²) < 4.78 is 1.39. The average Bonchev–Trinajstić information content (AvgIpc) is 2.82. The molecular weight excluding hydrogens is 312 g/mol. The van der Waals surface area contributed by atoms with Gasteiger partial charge in [0, 0.05) is 6.07 Å². The number of hydrogen-bond donors (Lipinski definition) is 0. The van der Waals surface area contributed by atoms with Gasteiger partial charge in [-0.15, -0.1) is 0 Å². The van der Waals surface area contributed by atoms with Crippen LogP contribution in [0.1, 0.15) is 0 Å². The Morgan fingerprint density at radius 3 is 2.45 bits per heavy atom. The lowest BCUT2D eigenvalue weighted by molar-refractivity contribution is -0.394. The summed E-state index contributed by atoms with van der Waals surface area (Å²) in [6.07, 6.45) is 0. The fraction of sp³-hybridized carbons (Fsp3) is 0. The number of nitro benzene ring substituents is 2. The SMILES string of the molecule is O=[N+]([O-])c1ccc(-n2c(Cl)nc3ccccc32)c([N+](=O)[O-])c1. The molecule has 0 N–H and O–H groups in total. The van der Waals surface area contributed by atoms with E-state index < -0.39 is 15.5 Å². The highest BCUT2D eigenvalue weighted by molar-refractivity contribution is 6.29. The van der Waals surface area contributed by atoms with Crippen LogP contribution in [0.25, 0.3) is 16.7 Å². The van der Waals surface area contributed by atoms with Crippen LogP contribution in [0.2, 0.25) is 5.28 Å². The lowest BCUT2D eigenvalue weighted by Gasteiger charge is -2.06. The molecule has 8 nitrogen and oxygen atoms in total. The van der Waals surface area contributed by atoms with Crippen molar-refractivity contribution in [1.82, 2.24) is 9.55 Å². The molecular formula is C13H7ClN4O4. The number of benzene rings is 2. The van der Waals surface area contributed by atoms with Crippen LogP contribution in [-0.2, 0) is 0 Å². The predicted molar refractivity (Wildman–Crippen MR) is 79.4 cm³/mol. The fourth-order valence-electron chi connectivity index (χ4n) is 2.19. The molecule has 0 fully saturated rings. The molecule has 0 spiro atoms. The first kappa shape index (κ1) is 14.0. The molecule has 110 valence electrons. The van der Waals surface area contributed by atoms with Crippen molar-refractivity contribution in [1.29, 1.82) is 0 Å². The number of halogens is 1. The van der Waals surface area contributed by atoms with Crippen LogP contribution >= 0.6 is 11.6 Å². The minimum Gasteiger partial charge on any atom is -0.277 e. The van der Waals surface area contributed by atoms with Crippen molar-refractivity contribution >= 4 is 34.0 Å². The van der Waals surface area contributed by atoms with Gasteiger partial charge in [-0.1, -0.05) is 12.1 Å². The van der Waals surface area contributed by atoms with Gasteiger partial charge >= 0.3 is 0 Å². The minimum atomic E-state index is -0.690. The van der Waals surface area contributed by atoms with Crippen molar-refractivity contribution in [3.63, 3.8) is 0 Å². The quantitative estimate of drug-likeness (QED) is 0.543. The Morgan fingerprint density at radius 1 is 1.05 bits per heavy atom. The number of nitro groups is 2. The Kier molecular flexibility index (Phi) is 3.22.